The van der Waals surface area contributed by atoms with Gasteiger partial charge in [0.05, 0.1) is 30.6 Å². The molecular formula is C26H32F2N8O2. The summed E-state index contributed by atoms with van der Waals surface area (Å²) >= 11 is 0. The number of hydrogen-bond donors (Lipinski definition) is 3. The maximum absolute atomic E-state index is 13.6. The van der Waals surface area contributed by atoms with E-state index in [0.717, 1.165) is 37.0 Å². The Bertz CT molecular complexity index is 1290. The summed E-state index contributed by atoms with van der Waals surface area (Å²) < 4.78 is 28.8. The lowest BCUT2D eigenvalue weighted by Crippen LogP contribution is -2.46. The Balaban J connectivity index is 1.22. The van der Waals surface area contributed by atoms with Gasteiger partial charge >= 0.3 is 0 Å². The smallest absolute Gasteiger partial charge is 0.224 e. The van der Waals surface area contributed by atoms with E-state index in [1.165, 1.54) is 12.1 Å². The van der Waals surface area contributed by atoms with Crippen LogP contribution in [-0.4, -0.2) is 92.9 Å². The molecule has 0 saturated carbocycles. The van der Waals surface area contributed by atoms with Crippen LogP contribution in [0.25, 0.3) is 11.9 Å². The zero-order chi connectivity index (χ0) is 26.8. The lowest BCUT2D eigenvalue weighted by atomic mass is 10.2. The molecule has 1 aromatic carbocycles. The molecule has 4 heterocycles. The Morgan fingerprint density at radius 2 is 1.76 bits per heavy atom. The van der Waals surface area contributed by atoms with Crippen LogP contribution in [0.5, 0.6) is 0 Å². The molecule has 0 aliphatic carbocycles. The first-order valence-electron chi connectivity index (χ1n) is 12.7. The molecule has 2 saturated heterocycles. The van der Waals surface area contributed by atoms with E-state index in [2.05, 4.69) is 26.0 Å². The number of aromatic nitrogens is 4. The van der Waals surface area contributed by atoms with Gasteiger partial charge in [0.25, 0.3) is 0 Å². The topological polar surface area (TPSA) is 120 Å². The van der Waals surface area contributed by atoms with Crippen LogP contribution in [0.15, 0.2) is 36.5 Å². The molecule has 0 bridgehead atoms. The maximum atomic E-state index is 13.6. The van der Waals surface area contributed by atoms with Gasteiger partial charge in [-0.3, -0.25) is 4.90 Å². The Morgan fingerprint density at radius 1 is 1.05 bits per heavy atom. The van der Waals surface area contributed by atoms with Crippen LogP contribution >= 0.6 is 0 Å². The van der Waals surface area contributed by atoms with Gasteiger partial charge in [0, 0.05) is 62.7 Å². The van der Waals surface area contributed by atoms with E-state index in [1.54, 1.807) is 16.9 Å². The summed E-state index contributed by atoms with van der Waals surface area (Å²) in [6.07, 6.45) is 5.77. The molecule has 4 N–H and O–H groups in total. The van der Waals surface area contributed by atoms with Gasteiger partial charge in [-0.15, -0.1) is 0 Å². The number of piperazine rings is 1. The number of nitrogen functional groups attached to an aromatic ring is 1. The number of β-amino-alcohol motifs (C(OH)–C–C–N with tert-alkyl or cyclic N) is 1. The highest BCUT2D eigenvalue weighted by Crippen LogP contribution is 2.27. The zero-order valence-electron chi connectivity index (χ0n) is 21.2. The fourth-order valence-corrected chi connectivity index (χ4v) is 5.10. The van der Waals surface area contributed by atoms with Crippen molar-refractivity contribution in [1.82, 2.24) is 24.6 Å². The van der Waals surface area contributed by atoms with E-state index in [9.17, 15) is 19.0 Å². The van der Waals surface area contributed by atoms with Gasteiger partial charge in [-0.05, 0) is 25.5 Å². The monoisotopic (exact) mass is 526 g/mol. The van der Waals surface area contributed by atoms with Gasteiger partial charge in [0.15, 0.2) is 5.82 Å². The van der Waals surface area contributed by atoms with E-state index in [4.69, 9.17) is 5.73 Å². The highest BCUT2D eigenvalue weighted by molar-refractivity contribution is 5.55. The van der Waals surface area contributed by atoms with Crippen LogP contribution in [0.2, 0.25) is 0 Å². The highest BCUT2D eigenvalue weighted by atomic mass is 19.1. The molecule has 3 aromatic rings. The van der Waals surface area contributed by atoms with E-state index in [-0.39, 0.29) is 18.6 Å². The summed E-state index contributed by atoms with van der Waals surface area (Å²) in [5.74, 6) is 0.00301. The van der Waals surface area contributed by atoms with Crippen LogP contribution in [0.3, 0.4) is 0 Å². The van der Waals surface area contributed by atoms with Gasteiger partial charge in [0.2, 0.25) is 5.95 Å². The lowest BCUT2D eigenvalue weighted by molar-refractivity contribution is 0.184. The summed E-state index contributed by atoms with van der Waals surface area (Å²) in [5, 5.41) is 24.2. The predicted molar refractivity (Wildman–Crippen MR) is 141 cm³/mol. The zero-order valence-corrected chi connectivity index (χ0v) is 21.2. The van der Waals surface area contributed by atoms with E-state index in [1.807, 2.05) is 22.8 Å². The minimum Gasteiger partial charge on any atom is -0.394 e. The highest BCUT2D eigenvalue weighted by Gasteiger charge is 2.32. The van der Waals surface area contributed by atoms with E-state index >= 15 is 0 Å². The van der Waals surface area contributed by atoms with Crippen LogP contribution in [0.4, 0.5) is 26.2 Å². The van der Waals surface area contributed by atoms with E-state index < -0.39 is 17.7 Å². The fraction of sp³-hybridized carbons (Fsp3) is 0.423. The number of halogens is 2. The standard InChI is InChI=1S/C26H32F2N8O2/c1-17-18(3-2-4-33-5-7-34(8-6-33)21-10-19(27)9-20(28)11-21)14-30-36(17)25-13-24(31-26(29)32-25)35-15-23(38)12-22(35)16-37/h2-3,9-11,13-14,22-23,37-38H,4-8,12,15-16H2,1H3,(H2,29,31,32)/t22-,23-/m0/s1. The molecule has 12 heteroatoms. The first kappa shape index (κ1) is 26.0. The summed E-state index contributed by atoms with van der Waals surface area (Å²) in [6, 6.07) is 5.15. The Labute approximate surface area is 219 Å². The number of aliphatic hydroxyl groups excluding tert-OH is 2. The van der Waals surface area contributed by atoms with Gasteiger partial charge in [0.1, 0.15) is 17.5 Å². The molecule has 2 atom stereocenters. The molecule has 0 amide bonds. The summed E-state index contributed by atoms with van der Waals surface area (Å²) in [7, 11) is 0. The third-order valence-corrected chi connectivity index (χ3v) is 7.12. The van der Waals surface area contributed by atoms with Crippen molar-refractivity contribution in [2.24, 2.45) is 0 Å². The SMILES string of the molecule is Cc1c(C=CCN2CCN(c3cc(F)cc(F)c3)CC2)cnn1-c1cc(N2C[C@@H](O)C[C@H]2CO)nc(N)n1. The Hall–Kier alpha value is -3.61. The number of nitrogens with zero attached hydrogens (tertiary/aromatic N) is 7. The van der Waals surface area contributed by atoms with Crippen LogP contribution in [-0.2, 0) is 0 Å². The summed E-state index contributed by atoms with van der Waals surface area (Å²) in [5.41, 5.74) is 8.37. The van der Waals surface area contributed by atoms with Gasteiger partial charge in [-0.1, -0.05) is 12.2 Å². The Morgan fingerprint density at radius 3 is 2.47 bits per heavy atom. The first-order valence-corrected chi connectivity index (χ1v) is 12.7. The van der Waals surface area contributed by atoms with Gasteiger partial charge < -0.3 is 25.7 Å². The van der Waals surface area contributed by atoms with Gasteiger partial charge in [-0.25, -0.2) is 13.5 Å². The lowest BCUT2D eigenvalue weighted by Gasteiger charge is -2.35. The third-order valence-electron chi connectivity index (χ3n) is 7.12. The average Bonchev–Trinajstić information content (AvgIpc) is 3.45. The van der Waals surface area contributed by atoms with Crippen LogP contribution < -0.4 is 15.5 Å². The summed E-state index contributed by atoms with van der Waals surface area (Å²) in [4.78, 5) is 14.8. The second-order valence-electron chi connectivity index (χ2n) is 9.74. The third kappa shape index (κ3) is 5.62. The molecule has 202 valence electrons. The molecule has 0 spiro atoms. The summed E-state index contributed by atoms with van der Waals surface area (Å²) in [6.45, 7) is 5.89. The minimum absolute atomic E-state index is 0.0858. The predicted octanol–water partition coefficient (Wildman–Crippen LogP) is 1.60. The Kier molecular flexibility index (Phi) is 7.54. The molecule has 5 rings (SSSR count). The molecule has 38 heavy (non-hydrogen) atoms. The largest absolute Gasteiger partial charge is 0.394 e. The van der Waals surface area contributed by atoms with Crippen molar-refractivity contribution < 1.29 is 19.0 Å². The number of rotatable bonds is 7. The van der Waals surface area contributed by atoms with Crippen LogP contribution in [0.1, 0.15) is 17.7 Å². The first-order chi connectivity index (χ1) is 18.3. The molecule has 0 radical (unpaired) electrons. The second-order valence-corrected chi connectivity index (χ2v) is 9.74. The minimum atomic E-state index is -0.564. The van der Waals surface area contributed by atoms with Crippen molar-refractivity contribution in [3.05, 3.63) is 59.4 Å². The molecule has 2 aliphatic heterocycles. The molecular weight excluding hydrogens is 494 g/mol. The fourth-order valence-electron chi connectivity index (χ4n) is 5.10. The molecule has 2 fully saturated rings. The number of hydrogen-bond acceptors (Lipinski definition) is 9. The van der Waals surface area contributed by atoms with Crippen LogP contribution in [0, 0.1) is 18.6 Å². The number of nitrogens with two attached hydrogens (primary N) is 1. The molecule has 2 aliphatic rings. The van der Waals surface area contributed by atoms with Crippen molar-refractivity contribution in [3.63, 3.8) is 0 Å². The molecule has 10 nitrogen and oxygen atoms in total. The van der Waals surface area contributed by atoms with Crippen molar-refractivity contribution >= 4 is 23.5 Å². The number of anilines is 3. The van der Waals surface area contributed by atoms with Crippen molar-refractivity contribution in [2.75, 3.05) is 61.4 Å². The van der Waals surface area contributed by atoms with Gasteiger partial charge in [-0.2, -0.15) is 15.1 Å². The van der Waals surface area contributed by atoms with Crippen molar-refractivity contribution in [1.29, 1.82) is 0 Å². The average molecular weight is 527 g/mol. The normalized spacial score (nSPS) is 20.7. The number of aliphatic hydroxyl groups is 2. The second kappa shape index (κ2) is 11.0. The van der Waals surface area contributed by atoms with E-state index in [0.29, 0.717) is 43.4 Å². The van der Waals surface area contributed by atoms with Crippen molar-refractivity contribution in [2.45, 2.75) is 25.5 Å². The quantitative estimate of drug-likeness (QED) is 0.422. The number of benzene rings is 1. The maximum Gasteiger partial charge on any atom is 0.224 e. The van der Waals surface area contributed by atoms with Crippen molar-refractivity contribution in [3.8, 4) is 5.82 Å². The molecule has 2 aromatic heterocycles. The molecule has 0 unspecified atom stereocenters.